The Labute approximate surface area is 206 Å². The number of benzene rings is 2. The molecule has 0 aliphatic rings. The largest absolute Gasteiger partial charge is 0.467 e. The van der Waals surface area contributed by atoms with Crippen molar-refractivity contribution in [2.75, 3.05) is 12.9 Å². The number of pyridine rings is 1. The second-order valence-corrected chi connectivity index (χ2v) is 8.73. The third kappa shape index (κ3) is 6.13. The molecule has 1 amide bonds. The van der Waals surface area contributed by atoms with Gasteiger partial charge in [-0.15, -0.1) is 0 Å². The molecule has 8 nitrogen and oxygen atoms in total. The Hall–Kier alpha value is -3.98. The van der Waals surface area contributed by atoms with E-state index >= 15 is 0 Å². The van der Waals surface area contributed by atoms with Crippen molar-refractivity contribution in [2.24, 2.45) is 0 Å². The maximum atomic E-state index is 13.2. The number of carbonyl (C=O) groups excluding carboxylic acids is 2. The molecule has 2 heterocycles. The fourth-order valence-electron chi connectivity index (χ4n) is 3.62. The second kappa shape index (κ2) is 11.4. The van der Waals surface area contributed by atoms with Crippen molar-refractivity contribution in [1.29, 1.82) is 0 Å². The summed E-state index contributed by atoms with van der Waals surface area (Å²) in [7, 11) is 1.29. The number of methoxy groups -OCH3 is 1. The van der Waals surface area contributed by atoms with Crippen molar-refractivity contribution in [2.45, 2.75) is 24.2 Å². The van der Waals surface area contributed by atoms with Crippen molar-refractivity contribution >= 4 is 34.5 Å². The van der Waals surface area contributed by atoms with Crippen LogP contribution in [0.4, 0.5) is 0 Å². The summed E-state index contributed by atoms with van der Waals surface area (Å²) in [5.74, 6) is -0.915. The molecule has 9 heteroatoms. The highest BCUT2D eigenvalue weighted by Gasteiger charge is 2.22. The van der Waals surface area contributed by atoms with Crippen LogP contribution in [0.5, 0.6) is 0 Å². The maximum Gasteiger partial charge on any atom is 0.328 e. The minimum atomic E-state index is -0.822. The van der Waals surface area contributed by atoms with Crippen molar-refractivity contribution in [3.8, 4) is 0 Å². The van der Waals surface area contributed by atoms with E-state index in [0.717, 1.165) is 22.9 Å². The average molecular weight is 489 g/mol. The molecule has 2 aromatic carbocycles. The van der Waals surface area contributed by atoms with Gasteiger partial charge in [0, 0.05) is 18.8 Å². The van der Waals surface area contributed by atoms with Gasteiger partial charge in [0.15, 0.2) is 5.16 Å². The van der Waals surface area contributed by atoms with Crippen molar-refractivity contribution in [1.82, 2.24) is 19.9 Å². The van der Waals surface area contributed by atoms with Gasteiger partial charge in [0.1, 0.15) is 6.04 Å². The van der Waals surface area contributed by atoms with Crippen molar-refractivity contribution < 1.29 is 14.3 Å². The number of carbonyl (C=O) groups is 2. The number of aromatic nitrogens is 3. The second-order valence-electron chi connectivity index (χ2n) is 7.79. The maximum absolute atomic E-state index is 13.2. The zero-order valence-electron chi connectivity index (χ0n) is 19.1. The van der Waals surface area contributed by atoms with Crippen LogP contribution in [0.15, 0.2) is 89.1 Å². The first-order valence-electron chi connectivity index (χ1n) is 11.0. The van der Waals surface area contributed by atoms with Gasteiger partial charge in [-0.25, -0.2) is 9.78 Å². The van der Waals surface area contributed by atoms with Crippen LogP contribution < -0.4 is 10.9 Å². The van der Waals surface area contributed by atoms with E-state index in [1.165, 1.54) is 7.11 Å². The van der Waals surface area contributed by atoms with Gasteiger partial charge in [-0.1, -0.05) is 60.3 Å². The molecule has 0 spiro atoms. The van der Waals surface area contributed by atoms with Gasteiger partial charge in [-0.05, 0) is 29.3 Å². The van der Waals surface area contributed by atoms with Crippen LogP contribution in [0.2, 0.25) is 0 Å². The molecule has 4 rings (SSSR count). The standard InChI is InChI=1S/C26H24N4O4S/c1-34-25(33)22(14-18-8-3-2-4-9-18)28-23(31)17-35-26-29-21-12-6-5-11-20(21)24(32)30(26)16-19-10-7-13-27-15-19/h2-13,15,22H,14,16-17H2,1H3,(H,28,31)/t22-/m0/s1. The molecule has 0 aliphatic carbocycles. The Bertz CT molecular complexity index is 1380. The number of hydrogen-bond donors (Lipinski definition) is 1. The van der Waals surface area contributed by atoms with E-state index in [0.29, 0.717) is 22.5 Å². The highest BCUT2D eigenvalue weighted by atomic mass is 32.2. The van der Waals surface area contributed by atoms with Crippen LogP contribution in [-0.4, -0.2) is 45.3 Å². The lowest BCUT2D eigenvalue weighted by Gasteiger charge is -2.17. The van der Waals surface area contributed by atoms with Gasteiger partial charge in [-0.2, -0.15) is 0 Å². The highest BCUT2D eigenvalue weighted by molar-refractivity contribution is 7.99. The predicted octanol–water partition coefficient (Wildman–Crippen LogP) is 2.83. The van der Waals surface area contributed by atoms with E-state index in [4.69, 9.17) is 4.74 Å². The topological polar surface area (TPSA) is 103 Å². The molecule has 4 aromatic rings. The molecule has 35 heavy (non-hydrogen) atoms. The highest BCUT2D eigenvalue weighted by Crippen LogP contribution is 2.19. The first-order chi connectivity index (χ1) is 17.0. The molecule has 2 aromatic heterocycles. The molecular formula is C26H24N4O4S. The van der Waals surface area contributed by atoms with E-state index in [-0.39, 0.29) is 23.8 Å². The fraction of sp³-hybridized carbons (Fsp3) is 0.192. The molecule has 178 valence electrons. The van der Waals surface area contributed by atoms with E-state index < -0.39 is 12.0 Å². The van der Waals surface area contributed by atoms with Gasteiger partial charge < -0.3 is 10.1 Å². The predicted molar refractivity (Wildman–Crippen MR) is 134 cm³/mol. The van der Waals surface area contributed by atoms with Crippen LogP contribution in [0, 0.1) is 0 Å². The number of ether oxygens (including phenoxy) is 1. The first-order valence-corrected chi connectivity index (χ1v) is 12.0. The summed E-state index contributed by atoms with van der Waals surface area (Å²) in [5.41, 5.74) is 2.10. The van der Waals surface area contributed by atoms with E-state index in [1.807, 2.05) is 42.5 Å². The Kier molecular flexibility index (Phi) is 7.89. The summed E-state index contributed by atoms with van der Waals surface area (Å²) in [6.45, 7) is 0.271. The Balaban J connectivity index is 1.54. The lowest BCUT2D eigenvalue weighted by Crippen LogP contribution is -2.43. The summed E-state index contributed by atoms with van der Waals surface area (Å²) < 4.78 is 6.41. The van der Waals surface area contributed by atoms with E-state index in [9.17, 15) is 14.4 Å². The molecule has 0 bridgehead atoms. The van der Waals surface area contributed by atoms with Gasteiger partial charge >= 0.3 is 5.97 Å². The number of para-hydroxylation sites is 1. The summed E-state index contributed by atoms with van der Waals surface area (Å²) in [6.07, 6.45) is 3.66. The number of fused-ring (bicyclic) bond motifs is 1. The molecule has 0 saturated carbocycles. The molecule has 0 fully saturated rings. The van der Waals surface area contributed by atoms with Crippen LogP contribution in [0.3, 0.4) is 0 Å². The van der Waals surface area contributed by atoms with Crippen LogP contribution >= 0.6 is 11.8 Å². The number of amides is 1. The lowest BCUT2D eigenvalue weighted by atomic mass is 10.1. The van der Waals surface area contributed by atoms with Gasteiger partial charge in [-0.3, -0.25) is 19.1 Å². The lowest BCUT2D eigenvalue weighted by molar-refractivity contribution is -0.144. The number of hydrogen-bond acceptors (Lipinski definition) is 7. The molecule has 1 atom stereocenters. The van der Waals surface area contributed by atoms with Gasteiger partial charge in [0.25, 0.3) is 5.56 Å². The van der Waals surface area contributed by atoms with E-state index in [2.05, 4.69) is 15.3 Å². The zero-order chi connectivity index (χ0) is 24.6. The molecule has 1 N–H and O–H groups in total. The third-order valence-corrected chi connectivity index (χ3v) is 6.30. The Morgan fingerprint density at radius 3 is 2.51 bits per heavy atom. The zero-order valence-corrected chi connectivity index (χ0v) is 19.9. The summed E-state index contributed by atoms with van der Waals surface area (Å²) in [4.78, 5) is 47.0. The van der Waals surface area contributed by atoms with Crippen molar-refractivity contribution in [3.05, 3.63) is 101 Å². The smallest absolute Gasteiger partial charge is 0.328 e. The fourth-order valence-corrected chi connectivity index (χ4v) is 4.43. The summed E-state index contributed by atoms with van der Waals surface area (Å²) in [5, 5.41) is 3.65. The average Bonchev–Trinajstić information content (AvgIpc) is 2.89. The molecule has 0 saturated heterocycles. The van der Waals surface area contributed by atoms with E-state index in [1.54, 1.807) is 41.2 Å². The molecule has 0 aliphatic heterocycles. The SMILES string of the molecule is COC(=O)[C@H](Cc1ccccc1)NC(=O)CSc1nc2ccccc2c(=O)n1Cc1cccnc1. The number of nitrogens with zero attached hydrogens (tertiary/aromatic N) is 3. The molecule has 0 unspecified atom stereocenters. The number of thioether (sulfide) groups is 1. The Morgan fingerprint density at radius 1 is 1.03 bits per heavy atom. The van der Waals surface area contributed by atoms with Crippen LogP contribution in [0.25, 0.3) is 10.9 Å². The first kappa shape index (κ1) is 24.2. The monoisotopic (exact) mass is 488 g/mol. The number of rotatable bonds is 9. The minimum absolute atomic E-state index is 0.0277. The number of esters is 1. The van der Waals surface area contributed by atoms with Crippen molar-refractivity contribution in [3.63, 3.8) is 0 Å². The van der Waals surface area contributed by atoms with Crippen LogP contribution in [-0.2, 0) is 27.3 Å². The number of nitrogens with one attached hydrogen (secondary N) is 1. The molecular weight excluding hydrogens is 464 g/mol. The Morgan fingerprint density at radius 2 is 1.77 bits per heavy atom. The normalized spacial score (nSPS) is 11.7. The third-order valence-electron chi connectivity index (χ3n) is 5.33. The van der Waals surface area contributed by atoms with Gasteiger partial charge in [0.2, 0.25) is 5.91 Å². The van der Waals surface area contributed by atoms with Gasteiger partial charge in [0.05, 0.1) is 30.3 Å². The van der Waals surface area contributed by atoms with Crippen LogP contribution in [0.1, 0.15) is 11.1 Å². The summed E-state index contributed by atoms with van der Waals surface area (Å²) in [6, 6.07) is 19.3. The minimum Gasteiger partial charge on any atom is -0.467 e. The summed E-state index contributed by atoms with van der Waals surface area (Å²) >= 11 is 1.14. The quantitative estimate of drug-likeness (QED) is 0.220. The molecule has 0 radical (unpaired) electrons.